The summed E-state index contributed by atoms with van der Waals surface area (Å²) in [6.45, 7) is 12.2. The largest absolute Gasteiger partial charge is 0.472 e. The van der Waals surface area contributed by atoms with Crippen molar-refractivity contribution in [3.8, 4) is 0 Å². The molecule has 0 radical (unpaired) electrons. The summed E-state index contributed by atoms with van der Waals surface area (Å²) in [6, 6.07) is 0. The summed E-state index contributed by atoms with van der Waals surface area (Å²) < 4.78 is 69.1. The fourth-order valence-electron chi connectivity index (χ4n) is 14.8. The monoisotopic (exact) mass is 1650 g/mol. The minimum atomic E-state index is -4.97. The van der Waals surface area contributed by atoms with Crippen molar-refractivity contribution in [2.45, 2.75) is 523 Å². The van der Waals surface area contributed by atoms with Crippen LogP contribution in [0.15, 0.2) is 0 Å². The lowest BCUT2D eigenvalue weighted by molar-refractivity contribution is -0.161. The molecule has 3 N–H and O–H groups in total. The number of phosphoric acid groups is 2. The van der Waals surface area contributed by atoms with Crippen LogP contribution in [0.1, 0.15) is 504 Å². The standard InChI is InChI=1S/C94H184O17P2/c1-8-10-11-12-13-44-54-61-68-75-91(96)104-81-89(110-93(98)77-70-63-56-49-42-36-30-24-18-15-21-27-33-39-46-52-59-66-73-86(5)6)83-108-112(100,101)106-79-88(95)80-107-113(102,103)109-84-90(82-105-92(97)76-69-62-55-48-41-35-29-23-17-14-20-26-32-38-45-51-58-65-72-85(3)4)111-94(99)78-71-64-57-50-43-37-31-25-19-16-22-28-34-40-47-53-60-67-74-87(7)9-2/h85-90,95H,8-84H2,1-7H3,(H,100,101)(H,102,103)/t87?,88-,89+,90+/m0/s1. The Labute approximate surface area is 696 Å². The van der Waals surface area contributed by atoms with E-state index in [0.29, 0.717) is 25.7 Å². The van der Waals surface area contributed by atoms with E-state index in [1.165, 1.54) is 315 Å². The second-order valence-electron chi connectivity index (χ2n) is 35.0. The maximum absolute atomic E-state index is 13.2. The van der Waals surface area contributed by atoms with E-state index in [4.69, 9.17) is 37.0 Å². The van der Waals surface area contributed by atoms with Crippen LogP contribution in [0.25, 0.3) is 0 Å². The lowest BCUT2D eigenvalue weighted by Gasteiger charge is -2.21. The lowest BCUT2D eigenvalue weighted by atomic mass is 9.99. The Morgan fingerprint density at radius 3 is 0.673 bits per heavy atom. The second-order valence-corrected chi connectivity index (χ2v) is 37.9. The van der Waals surface area contributed by atoms with E-state index in [2.05, 4.69) is 48.5 Å². The van der Waals surface area contributed by atoms with E-state index < -0.39 is 97.5 Å². The molecule has 0 aromatic heterocycles. The van der Waals surface area contributed by atoms with E-state index >= 15 is 0 Å². The van der Waals surface area contributed by atoms with Crippen LogP contribution in [-0.4, -0.2) is 96.7 Å². The molecular weight excluding hydrogens is 1460 g/mol. The average molecular weight is 1650 g/mol. The van der Waals surface area contributed by atoms with Crippen molar-refractivity contribution in [2.75, 3.05) is 39.6 Å². The molecule has 19 heteroatoms. The van der Waals surface area contributed by atoms with Crippen molar-refractivity contribution in [1.82, 2.24) is 0 Å². The Kier molecular flexibility index (Phi) is 82.3. The van der Waals surface area contributed by atoms with Gasteiger partial charge in [0.2, 0.25) is 0 Å². The zero-order valence-corrected chi connectivity index (χ0v) is 76.7. The van der Waals surface area contributed by atoms with Gasteiger partial charge in [-0.2, -0.15) is 0 Å². The lowest BCUT2D eigenvalue weighted by Crippen LogP contribution is -2.30. The first-order chi connectivity index (χ1) is 54.8. The molecular formula is C94H184O17P2. The van der Waals surface area contributed by atoms with Crippen LogP contribution < -0.4 is 0 Å². The molecule has 0 aromatic rings. The van der Waals surface area contributed by atoms with Gasteiger partial charge in [-0.3, -0.25) is 37.3 Å². The van der Waals surface area contributed by atoms with E-state index in [0.717, 1.165) is 108 Å². The molecule has 0 aliphatic heterocycles. The average Bonchev–Trinajstić information content (AvgIpc) is 0.643. The van der Waals surface area contributed by atoms with Gasteiger partial charge >= 0.3 is 39.5 Å². The van der Waals surface area contributed by atoms with Gasteiger partial charge in [-0.05, 0) is 43.4 Å². The van der Waals surface area contributed by atoms with Crippen molar-refractivity contribution in [2.24, 2.45) is 17.8 Å². The van der Waals surface area contributed by atoms with Gasteiger partial charge in [0.1, 0.15) is 19.3 Å². The first-order valence-corrected chi connectivity index (χ1v) is 51.4. The topological polar surface area (TPSA) is 237 Å². The predicted octanol–water partition coefficient (Wildman–Crippen LogP) is 29.2. The third-order valence-electron chi connectivity index (χ3n) is 22.5. The molecule has 0 aromatic carbocycles. The number of hydrogen-bond acceptors (Lipinski definition) is 15. The van der Waals surface area contributed by atoms with Gasteiger partial charge in [0, 0.05) is 25.7 Å². The van der Waals surface area contributed by atoms with Gasteiger partial charge in [-0.15, -0.1) is 0 Å². The number of carbonyl (C=O) groups excluding carboxylic acids is 4. The van der Waals surface area contributed by atoms with Crippen LogP contribution in [0, 0.1) is 17.8 Å². The fraction of sp³-hybridized carbons (Fsp3) is 0.957. The molecule has 0 bridgehead atoms. The normalized spacial score (nSPS) is 14.0. The Morgan fingerprint density at radius 1 is 0.257 bits per heavy atom. The van der Waals surface area contributed by atoms with Crippen LogP contribution in [0.5, 0.6) is 0 Å². The smallest absolute Gasteiger partial charge is 0.462 e. The zero-order chi connectivity index (χ0) is 82.9. The zero-order valence-electron chi connectivity index (χ0n) is 74.9. The molecule has 0 fully saturated rings. The highest BCUT2D eigenvalue weighted by molar-refractivity contribution is 7.47. The number of unbranched alkanes of at least 4 members (excludes halogenated alkanes) is 59. The third-order valence-corrected chi connectivity index (χ3v) is 24.4. The van der Waals surface area contributed by atoms with E-state index in [1.807, 2.05) is 0 Å². The Morgan fingerprint density at radius 2 is 0.451 bits per heavy atom. The van der Waals surface area contributed by atoms with Crippen LogP contribution >= 0.6 is 15.6 Å². The molecule has 0 aliphatic rings. The van der Waals surface area contributed by atoms with Crippen molar-refractivity contribution in [3.05, 3.63) is 0 Å². The first kappa shape index (κ1) is 111. The predicted molar refractivity (Wildman–Crippen MR) is 469 cm³/mol. The summed E-state index contributed by atoms with van der Waals surface area (Å²) >= 11 is 0. The van der Waals surface area contributed by atoms with E-state index in [1.54, 1.807) is 0 Å². The molecule has 0 saturated carbocycles. The van der Waals surface area contributed by atoms with Gasteiger partial charge in [0.25, 0.3) is 0 Å². The summed E-state index contributed by atoms with van der Waals surface area (Å²) in [6.07, 6.45) is 77.9. The molecule has 0 heterocycles. The second kappa shape index (κ2) is 83.7. The Balaban J connectivity index is 5.18. The maximum Gasteiger partial charge on any atom is 0.472 e. The molecule has 0 spiro atoms. The van der Waals surface area contributed by atoms with Gasteiger partial charge in [0.05, 0.1) is 26.4 Å². The summed E-state index contributed by atoms with van der Waals surface area (Å²) in [5.41, 5.74) is 0. The molecule has 0 amide bonds. The minimum Gasteiger partial charge on any atom is -0.462 e. The van der Waals surface area contributed by atoms with Crippen molar-refractivity contribution in [1.29, 1.82) is 0 Å². The summed E-state index contributed by atoms with van der Waals surface area (Å²) in [7, 11) is -9.94. The van der Waals surface area contributed by atoms with Crippen molar-refractivity contribution < 1.29 is 80.2 Å². The molecule has 0 rings (SSSR count). The van der Waals surface area contributed by atoms with Crippen LogP contribution in [0.4, 0.5) is 0 Å². The highest BCUT2D eigenvalue weighted by atomic mass is 31.2. The number of aliphatic hydroxyl groups excluding tert-OH is 1. The van der Waals surface area contributed by atoms with Gasteiger partial charge in [-0.25, -0.2) is 9.13 Å². The summed E-state index contributed by atoms with van der Waals surface area (Å²) in [5, 5.41) is 10.7. The molecule has 6 atom stereocenters. The number of hydrogen-bond donors (Lipinski definition) is 3. The van der Waals surface area contributed by atoms with Crippen LogP contribution in [0.3, 0.4) is 0 Å². The molecule has 0 saturated heterocycles. The number of aliphatic hydroxyl groups is 1. The molecule has 3 unspecified atom stereocenters. The summed E-state index contributed by atoms with van der Waals surface area (Å²) in [4.78, 5) is 73.4. The molecule has 113 heavy (non-hydrogen) atoms. The van der Waals surface area contributed by atoms with Gasteiger partial charge in [-0.1, -0.05) is 453 Å². The Bertz CT molecular complexity index is 2170. The van der Waals surface area contributed by atoms with Crippen molar-refractivity contribution >= 4 is 39.5 Å². The van der Waals surface area contributed by atoms with Gasteiger partial charge < -0.3 is 33.8 Å². The highest BCUT2D eigenvalue weighted by Crippen LogP contribution is 2.45. The minimum absolute atomic E-state index is 0.108. The number of ether oxygens (including phenoxy) is 4. The van der Waals surface area contributed by atoms with Crippen molar-refractivity contribution in [3.63, 3.8) is 0 Å². The molecule has 672 valence electrons. The van der Waals surface area contributed by atoms with Crippen LogP contribution in [-0.2, 0) is 65.4 Å². The Hall–Kier alpha value is -1.94. The quantitative estimate of drug-likeness (QED) is 0.0222. The maximum atomic E-state index is 13.2. The summed E-state index contributed by atoms with van der Waals surface area (Å²) in [5.74, 6) is 0.418. The fourth-order valence-corrected chi connectivity index (χ4v) is 16.3. The third kappa shape index (κ3) is 86.3. The SMILES string of the molecule is CCCCCCCCCCCC(=O)OC[C@H](COP(=O)(O)OC[C@H](O)COP(=O)(O)OC[C@@H](COC(=O)CCCCCCCCCCCCCCCCCCCCC(C)C)OC(=O)CCCCCCCCCCCCCCCCCCCCC(C)CC)OC(=O)CCCCCCCCCCCCCCCCCCCCC(C)C. The number of phosphoric ester groups is 2. The molecule has 17 nitrogen and oxygen atoms in total. The number of carbonyl (C=O) groups is 4. The first-order valence-electron chi connectivity index (χ1n) is 48.4. The molecule has 0 aliphatic carbocycles. The highest BCUT2D eigenvalue weighted by Gasteiger charge is 2.31. The van der Waals surface area contributed by atoms with Gasteiger partial charge in [0.15, 0.2) is 12.2 Å². The van der Waals surface area contributed by atoms with E-state index in [9.17, 15) is 43.2 Å². The van der Waals surface area contributed by atoms with E-state index in [-0.39, 0.29) is 25.7 Å². The van der Waals surface area contributed by atoms with Crippen LogP contribution in [0.2, 0.25) is 0 Å². The number of esters is 4. The number of rotatable bonds is 92.